The van der Waals surface area contributed by atoms with Crippen molar-refractivity contribution < 1.29 is 309 Å². The largest absolute Gasteiger partial charge is 0.275 e. The second-order valence-electron chi connectivity index (χ2n) is 3.64. The zero-order valence-corrected chi connectivity index (χ0v) is 34.4. The van der Waals surface area contributed by atoms with Crippen molar-refractivity contribution in [1.29, 1.82) is 0 Å². The van der Waals surface area contributed by atoms with Crippen molar-refractivity contribution in [3.63, 3.8) is 0 Å². The first-order valence-electron chi connectivity index (χ1n) is 8.09. The van der Waals surface area contributed by atoms with Gasteiger partial charge in [0.15, 0.2) is 0 Å². The zero-order chi connectivity index (χ0) is 21.3. The van der Waals surface area contributed by atoms with E-state index >= 15 is 0 Å². The Bertz CT molecular complexity index is 388. The van der Waals surface area contributed by atoms with Gasteiger partial charge in [0.2, 0.25) is 11.8 Å². The van der Waals surface area contributed by atoms with Crippen molar-refractivity contribution in [1.82, 2.24) is 10.1 Å². The van der Waals surface area contributed by atoms with Crippen LogP contribution in [0.1, 0.15) is 61.3 Å². The number of hydrogen-bond acceptors (Lipinski definition) is 4. The third-order valence-corrected chi connectivity index (χ3v) is 2.11. The van der Waals surface area contributed by atoms with Crippen molar-refractivity contribution in [2.75, 3.05) is 28.3 Å². The minimum absolute atomic E-state index is 0. The number of nitrogens with zero attached hydrogens (tertiary/aromatic N) is 2. The van der Waals surface area contributed by atoms with E-state index in [9.17, 15) is 9.59 Å². The number of carbonyl (C=O) groups excluding carboxylic acids is 2. The summed E-state index contributed by atoms with van der Waals surface area (Å²) in [5.74, 6) is 7.60. The van der Waals surface area contributed by atoms with E-state index in [1.54, 1.807) is 34.9 Å². The molecule has 0 rings (SSSR count). The van der Waals surface area contributed by atoms with Crippen LogP contribution in [0.4, 0.5) is 0 Å². The number of rotatable bonds is 4. The van der Waals surface area contributed by atoms with Gasteiger partial charge >= 0.3 is 0 Å². The second-order valence-corrected chi connectivity index (χ2v) is 3.64. The molecule has 0 heterocycles. The fraction of sp³-hybridized carbons (Fsp3) is 0.684. The van der Waals surface area contributed by atoms with E-state index in [0.717, 1.165) is 0 Å². The van der Waals surface area contributed by atoms with Gasteiger partial charge in [-0.3, -0.25) is 19.3 Å². The standard InChI is InChI=1S/2C5H11NO2.C4H6.C3H4.C2H6.6Ar.3W/c2*1-4-5(7)6(2)8-3;1-3-4-2;1-3-2;1-2;;;;;;;;;/h2*4H2,1-3H3;1-2H3;1H,2H3;1-2H3;;;;;;;;;. The third kappa shape index (κ3) is 97.5. The number of amides is 2. The molecule has 0 aromatic heterocycles. The molecule has 0 aliphatic rings. The van der Waals surface area contributed by atoms with Gasteiger partial charge in [-0.15, -0.1) is 24.2 Å². The SMILES string of the molecule is C#CC.CC.CC#CC.CCC(=O)N(C)OC.CCC(=O)N(C)OC.[Ar].[Ar].[Ar].[Ar].[Ar].[Ar].[W].[W].[W]. The Kier molecular flexibility index (Phi) is 238. The first-order chi connectivity index (χ1) is 11.8. The Morgan fingerprint density at radius 1 is 0.676 bits per heavy atom. The van der Waals surface area contributed by atoms with Crippen LogP contribution in [0, 0.1) is 251 Å². The maximum absolute atomic E-state index is 10.5. The molecule has 0 fully saturated rings. The molecule has 0 atom stereocenters. The molecular formula is C19H38Ar6N2O4W3. The molecule has 0 aliphatic carbocycles. The molecular weight excluding hydrogens is 1110 g/mol. The van der Waals surface area contributed by atoms with E-state index in [1.165, 1.54) is 24.3 Å². The molecule has 214 valence electrons. The molecule has 0 saturated carbocycles. The Labute approximate surface area is 433 Å². The van der Waals surface area contributed by atoms with Gasteiger partial charge in [0.1, 0.15) is 0 Å². The van der Waals surface area contributed by atoms with Crippen molar-refractivity contribution in [3.05, 3.63) is 0 Å². The van der Waals surface area contributed by atoms with Crippen molar-refractivity contribution >= 4 is 11.8 Å². The minimum atomic E-state index is -0.00694. The van der Waals surface area contributed by atoms with Crippen LogP contribution in [0.5, 0.6) is 0 Å². The number of carbonyl (C=O) groups is 2. The van der Waals surface area contributed by atoms with Crippen LogP contribution in [0.3, 0.4) is 0 Å². The molecule has 0 N–H and O–H groups in total. The summed E-state index contributed by atoms with van der Waals surface area (Å²) in [6.45, 7) is 12.9. The Balaban J connectivity index is -0.0000000122. The third-order valence-electron chi connectivity index (χ3n) is 2.11. The zero-order valence-electron chi connectivity index (χ0n) is 21.4. The first-order valence-corrected chi connectivity index (χ1v) is 8.09. The normalized spacial score (nSPS) is 5.00. The van der Waals surface area contributed by atoms with Crippen LogP contribution < -0.4 is 0 Å². The second kappa shape index (κ2) is 90.0. The summed E-state index contributed by atoms with van der Waals surface area (Å²) in [5, 5.41) is 2.42. The molecule has 15 heteroatoms. The predicted molar refractivity (Wildman–Crippen MR) is 105 cm³/mol. The van der Waals surface area contributed by atoms with Crippen molar-refractivity contribution in [3.8, 4) is 24.2 Å². The van der Waals surface area contributed by atoms with Gasteiger partial charge in [-0.25, -0.2) is 10.1 Å². The number of hydrogen-bond donors (Lipinski definition) is 0. The molecule has 0 aromatic carbocycles. The van der Waals surface area contributed by atoms with Crippen LogP contribution in [0.15, 0.2) is 0 Å². The summed E-state index contributed by atoms with van der Waals surface area (Å²) in [6, 6.07) is 0. The smallest absolute Gasteiger partial charge is 0.245 e. The van der Waals surface area contributed by atoms with Crippen LogP contribution in [-0.4, -0.2) is 50.3 Å². The maximum Gasteiger partial charge on any atom is 0.245 e. The van der Waals surface area contributed by atoms with Gasteiger partial charge in [0, 0.05) is 317 Å². The predicted octanol–water partition coefficient (Wildman–Crippen LogP) is 3.52. The Hall–Kier alpha value is 7.60. The Morgan fingerprint density at radius 2 is 0.824 bits per heavy atom. The topological polar surface area (TPSA) is 59.1 Å². The van der Waals surface area contributed by atoms with E-state index in [4.69, 9.17) is 0 Å². The molecule has 34 heavy (non-hydrogen) atoms. The number of terminal acetylenes is 1. The van der Waals surface area contributed by atoms with E-state index in [2.05, 4.69) is 33.9 Å². The fourth-order valence-corrected chi connectivity index (χ4v) is 0.649. The summed E-state index contributed by atoms with van der Waals surface area (Å²) >= 11 is 0. The minimum Gasteiger partial charge on any atom is -0.275 e. The van der Waals surface area contributed by atoms with E-state index in [0.29, 0.717) is 12.8 Å². The molecule has 2 amide bonds. The van der Waals surface area contributed by atoms with Gasteiger partial charge in [0.25, 0.3) is 0 Å². The average molecular weight is 1150 g/mol. The van der Waals surface area contributed by atoms with Crippen LogP contribution >= 0.6 is 0 Å². The summed E-state index contributed by atoms with van der Waals surface area (Å²) in [6.07, 6.45) is 5.58. The summed E-state index contributed by atoms with van der Waals surface area (Å²) < 4.78 is 0. The van der Waals surface area contributed by atoms with Gasteiger partial charge in [-0.05, 0) is 20.8 Å². The molecule has 0 aromatic rings. The summed E-state index contributed by atoms with van der Waals surface area (Å²) in [7, 11) is 6.11. The fourth-order valence-electron chi connectivity index (χ4n) is 0.649. The monoisotopic (exact) mass is 1150 g/mol. The molecule has 0 bridgehead atoms. The van der Waals surface area contributed by atoms with Crippen LogP contribution in [0.2, 0.25) is 0 Å². The molecule has 0 saturated heterocycles. The van der Waals surface area contributed by atoms with Gasteiger partial charge in [0.05, 0.1) is 14.2 Å². The average Bonchev–Trinajstić information content (AvgIpc) is 2.68. The van der Waals surface area contributed by atoms with Crippen LogP contribution in [0.25, 0.3) is 0 Å². The van der Waals surface area contributed by atoms with Gasteiger partial charge in [-0.1, -0.05) is 27.7 Å². The first kappa shape index (κ1) is 90.0. The summed E-state index contributed by atoms with van der Waals surface area (Å²) in [4.78, 5) is 30.3. The van der Waals surface area contributed by atoms with E-state index < -0.39 is 0 Å². The quantitative estimate of drug-likeness (QED) is 0.320. The molecule has 0 radical (unpaired) electrons. The molecule has 6 nitrogen and oxygen atoms in total. The summed E-state index contributed by atoms with van der Waals surface area (Å²) in [5.41, 5.74) is 0. The molecule has 0 spiro atoms. The maximum atomic E-state index is 10.5. The van der Waals surface area contributed by atoms with Crippen molar-refractivity contribution in [2.45, 2.75) is 61.3 Å². The molecule has 0 unspecified atom stereocenters. The van der Waals surface area contributed by atoms with Crippen molar-refractivity contribution in [2.24, 2.45) is 0 Å². The van der Waals surface area contributed by atoms with Crippen LogP contribution in [-0.2, 0) is 82.5 Å². The van der Waals surface area contributed by atoms with E-state index in [1.807, 2.05) is 27.7 Å². The van der Waals surface area contributed by atoms with Gasteiger partial charge in [-0.2, -0.15) is 0 Å². The number of hydroxylamine groups is 4. The van der Waals surface area contributed by atoms with Gasteiger partial charge < -0.3 is 0 Å². The molecule has 0 aliphatic heterocycles. The van der Waals surface area contributed by atoms with E-state index in [-0.39, 0.29) is 301 Å². The Morgan fingerprint density at radius 3 is 0.853 bits per heavy atom.